The number of carbonyl (C=O) groups excluding carboxylic acids is 1. The van der Waals surface area contributed by atoms with E-state index in [2.05, 4.69) is 5.32 Å². The molecule has 0 radical (unpaired) electrons. The summed E-state index contributed by atoms with van der Waals surface area (Å²) in [5, 5.41) is 29.1. The van der Waals surface area contributed by atoms with Crippen LogP contribution in [0.2, 0.25) is 0 Å². The fourth-order valence-corrected chi connectivity index (χ4v) is 1.91. The van der Waals surface area contributed by atoms with Gasteiger partial charge >= 0.3 is 17.9 Å². The molecular formula is C14H26N4O7. The second kappa shape index (κ2) is 12.2. The molecule has 0 bridgehead atoms. The molecule has 0 rings (SSSR count). The monoisotopic (exact) mass is 362 g/mol. The van der Waals surface area contributed by atoms with E-state index in [9.17, 15) is 19.2 Å². The molecule has 0 saturated heterocycles. The number of carbonyl (C=O) groups is 4. The van der Waals surface area contributed by atoms with Gasteiger partial charge in [-0.25, -0.2) is 0 Å². The number of nitrogens with zero attached hydrogens (tertiary/aromatic N) is 3. The topological polar surface area (TPSA) is 151 Å². The van der Waals surface area contributed by atoms with Crippen LogP contribution in [0.25, 0.3) is 0 Å². The summed E-state index contributed by atoms with van der Waals surface area (Å²) in [6.45, 7) is 0.0558. The Morgan fingerprint density at radius 2 is 1.28 bits per heavy atom. The van der Waals surface area contributed by atoms with Crippen molar-refractivity contribution in [2.45, 2.75) is 0 Å². The summed E-state index contributed by atoms with van der Waals surface area (Å²) in [6.07, 6.45) is 0. The first-order chi connectivity index (χ1) is 11.6. The number of hydrogen-bond donors (Lipinski definition) is 4. The van der Waals surface area contributed by atoms with E-state index < -0.39 is 17.9 Å². The molecule has 0 aromatic rings. The summed E-state index contributed by atoms with van der Waals surface area (Å²) < 4.78 is 0. The molecule has 0 aromatic heterocycles. The third kappa shape index (κ3) is 12.8. The van der Waals surface area contributed by atoms with E-state index in [0.29, 0.717) is 0 Å². The van der Waals surface area contributed by atoms with E-state index in [-0.39, 0.29) is 58.3 Å². The maximum atomic E-state index is 11.7. The van der Waals surface area contributed by atoms with Crippen LogP contribution >= 0.6 is 0 Å². The van der Waals surface area contributed by atoms with Gasteiger partial charge < -0.3 is 25.5 Å². The summed E-state index contributed by atoms with van der Waals surface area (Å²) >= 11 is 0. The number of aliphatic carboxylic acids is 3. The van der Waals surface area contributed by atoms with Crippen molar-refractivity contribution >= 4 is 23.8 Å². The molecule has 0 atom stereocenters. The molecule has 1 amide bonds. The van der Waals surface area contributed by atoms with E-state index in [1.165, 1.54) is 9.80 Å². The van der Waals surface area contributed by atoms with Crippen LogP contribution in [0.1, 0.15) is 0 Å². The number of carboxylic acid groups (broad SMARTS) is 3. The van der Waals surface area contributed by atoms with E-state index in [0.717, 1.165) is 0 Å². The molecule has 0 aromatic carbocycles. The zero-order valence-electron chi connectivity index (χ0n) is 14.5. The fraction of sp³-hybridized carbons (Fsp3) is 0.714. The minimum Gasteiger partial charge on any atom is -0.480 e. The van der Waals surface area contributed by atoms with Crippen molar-refractivity contribution < 1.29 is 34.5 Å². The average Bonchev–Trinajstić information content (AvgIpc) is 2.47. The first-order valence-electron chi connectivity index (χ1n) is 7.62. The smallest absolute Gasteiger partial charge is 0.317 e. The van der Waals surface area contributed by atoms with Gasteiger partial charge in [0, 0.05) is 40.3 Å². The number of amides is 1. The van der Waals surface area contributed by atoms with Gasteiger partial charge in [0.2, 0.25) is 5.91 Å². The summed E-state index contributed by atoms with van der Waals surface area (Å²) in [5.41, 5.74) is 0. The largest absolute Gasteiger partial charge is 0.480 e. The molecule has 0 spiro atoms. The minimum absolute atomic E-state index is 0.0858. The van der Waals surface area contributed by atoms with Crippen molar-refractivity contribution in [3.05, 3.63) is 0 Å². The second-order valence-electron chi connectivity index (χ2n) is 5.63. The number of rotatable bonds is 14. The Balaban J connectivity index is 4.58. The van der Waals surface area contributed by atoms with E-state index in [4.69, 9.17) is 15.3 Å². The summed E-state index contributed by atoms with van der Waals surface area (Å²) in [5.74, 6) is -3.40. The predicted octanol–water partition coefficient (Wildman–Crippen LogP) is -2.48. The minimum atomic E-state index is -1.08. The number of hydrogen-bond acceptors (Lipinski definition) is 7. The van der Waals surface area contributed by atoms with Crippen LogP contribution in [0.3, 0.4) is 0 Å². The van der Waals surface area contributed by atoms with Crippen LogP contribution in [0.15, 0.2) is 0 Å². The molecule has 144 valence electrons. The Bertz CT molecular complexity index is 470. The maximum absolute atomic E-state index is 11.7. The third-order valence-corrected chi connectivity index (χ3v) is 3.19. The second-order valence-corrected chi connectivity index (χ2v) is 5.63. The highest BCUT2D eigenvalue weighted by Gasteiger charge is 2.17. The Hall–Kier alpha value is -2.24. The maximum Gasteiger partial charge on any atom is 0.317 e. The molecule has 0 heterocycles. The van der Waals surface area contributed by atoms with Gasteiger partial charge in [0.1, 0.15) is 0 Å². The van der Waals surface area contributed by atoms with Crippen molar-refractivity contribution in [3.63, 3.8) is 0 Å². The van der Waals surface area contributed by atoms with Crippen molar-refractivity contribution in [2.75, 3.05) is 66.5 Å². The zero-order valence-corrected chi connectivity index (χ0v) is 14.5. The summed E-state index contributed by atoms with van der Waals surface area (Å²) in [4.78, 5) is 48.3. The predicted molar refractivity (Wildman–Crippen MR) is 87.4 cm³/mol. The quantitative estimate of drug-likeness (QED) is 0.245. The first-order valence-corrected chi connectivity index (χ1v) is 7.62. The van der Waals surface area contributed by atoms with Gasteiger partial charge in [-0.15, -0.1) is 0 Å². The molecule has 25 heavy (non-hydrogen) atoms. The van der Waals surface area contributed by atoms with E-state index in [1.807, 2.05) is 0 Å². The van der Waals surface area contributed by atoms with Crippen LogP contribution in [0.5, 0.6) is 0 Å². The summed E-state index contributed by atoms with van der Waals surface area (Å²) in [7, 11) is 3.12. The lowest BCUT2D eigenvalue weighted by molar-refractivity contribution is -0.141. The highest BCUT2D eigenvalue weighted by atomic mass is 16.4. The number of carboxylic acids is 3. The molecule has 0 aliphatic rings. The number of likely N-dealkylation sites (N-methyl/N-ethyl adjacent to an activating group) is 1. The van der Waals surface area contributed by atoms with Gasteiger partial charge in [-0.2, -0.15) is 0 Å². The lowest BCUT2D eigenvalue weighted by Gasteiger charge is -2.26. The standard InChI is InChI=1S/C14H26N4O7/c1-16(2)11(19)8-18(10-14(24)25)6-5-17(9-13(22)23)4-3-15-7-12(20)21/h15H,3-10H2,1-2H3,(H,20,21)(H,22,23)(H,24,25). The SMILES string of the molecule is CN(C)C(=O)CN(CCN(CCNCC(=O)O)CC(=O)O)CC(=O)O. The highest BCUT2D eigenvalue weighted by molar-refractivity contribution is 5.78. The Morgan fingerprint density at radius 1 is 0.760 bits per heavy atom. The van der Waals surface area contributed by atoms with Crippen molar-refractivity contribution in [2.24, 2.45) is 0 Å². The Morgan fingerprint density at radius 3 is 1.76 bits per heavy atom. The zero-order chi connectivity index (χ0) is 19.4. The number of nitrogens with one attached hydrogen (secondary N) is 1. The molecule has 11 heteroatoms. The lowest BCUT2D eigenvalue weighted by Crippen LogP contribution is -2.45. The normalized spacial score (nSPS) is 10.9. The van der Waals surface area contributed by atoms with Crippen LogP contribution < -0.4 is 5.32 Å². The van der Waals surface area contributed by atoms with Gasteiger partial charge in [0.05, 0.1) is 26.2 Å². The molecule has 0 aliphatic carbocycles. The highest BCUT2D eigenvalue weighted by Crippen LogP contribution is 1.95. The van der Waals surface area contributed by atoms with Crippen molar-refractivity contribution in [3.8, 4) is 0 Å². The Kier molecular flexibility index (Phi) is 11.1. The molecule has 0 aliphatic heterocycles. The Labute approximate surface area is 145 Å². The van der Waals surface area contributed by atoms with Crippen LogP contribution in [-0.4, -0.2) is 120 Å². The molecule has 11 nitrogen and oxygen atoms in total. The molecule has 0 fully saturated rings. The first kappa shape index (κ1) is 22.8. The molecular weight excluding hydrogens is 336 g/mol. The van der Waals surface area contributed by atoms with Crippen LogP contribution in [-0.2, 0) is 19.2 Å². The van der Waals surface area contributed by atoms with E-state index >= 15 is 0 Å². The molecule has 4 N–H and O–H groups in total. The van der Waals surface area contributed by atoms with Crippen LogP contribution in [0, 0.1) is 0 Å². The van der Waals surface area contributed by atoms with Gasteiger partial charge in [-0.1, -0.05) is 0 Å². The lowest BCUT2D eigenvalue weighted by atomic mass is 10.3. The van der Waals surface area contributed by atoms with Crippen molar-refractivity contribution in [1.29, 1.82) is 0 Å². The molecule has 0 saturated carbocycles. The van der Waals surface area contributed by atoms with Gasteiger partial charge in [0.15, 0.2) is 0 Å². The van der Waals surface area contributed by atoms with E-state index in [1.54, 1.807) is 19.0 Å². The van der Waals surface area contributed by atoms with Gasteiger partial charge in [0.25, 0.3) is 0 Å². The third-order valence-electron chi connectivity index (χ3n) is 3.19. The van der Waals surface area contributed by atoms with Crippen molar-refractivity contribution in [1.82, 2.24) is 20.0 Å². The van der Waals surface area contributed by atoms with Crippen LogP contribution in [0.4, 0.5) is 0 Å². The van der Waals surface area contributed by atoms with Gasteiger partial charge in [-0.3, -0.25) is 29.0 Å². The van der Waals surface area contributed by atoms with Gasteiger partial charge in [-0.05, 0) is 0 Å². The average molecular weight is 362 g/mol. The molecule has 0 unspecified atom stereocenters. The fourth-order valence-electron chi connectivity index (χ4n) is 1.91. The summed E-state index contributed by atoms with van der Waals surface area (Å²) in [6, 6.07) is 0.